The highest BCUT2D eigenvalue weighted by atomic mass is 15.1. The zero-order chi connectivity index (χ0) is 43.3. The molecular weight excluding hydrogens is 783 g/mol. The van der Waals surface area contributed by atoms with Gasteiger partial charge < -0.3 is 4.90 Å². The van der Waals surface area contributed by atoms with Crippen LogP contribution in [0.5, 0.6) is 0 Å². The Hall–Kier alpha value is -8.26. The number of benzene rings is 11. The van der Waals surface area contributed by atoms with Gasteiger partial charge in [0.1, 0.15) is 0 Å². The molecule has 0 spiro atoms. The van der Waals surface area contributed by atoms with Crippen LogP contribution in [0.3, 0.4) is 0 Å². The number of nitrogens with zero attached hydrogens (tertiary/aromatic N) is 1. The fourth-order valence-electron chi connectivity index (χ4n) is 10.6. The second-order valence-corrected chi connectivity index (χ2v) is 17.3. The van der Waals surface area contributed by atoms with Crippen LogP contribution < -0.4 is 4.90 Å². The highest BCUT2D eigenvalue weighted by Gasteiger charge is 2.41. The first-order valence-electron chi connectivity index (χ1n) is 22.6. The number of anilines is 3. The third kappa shape index (κ3) is 6.47. The lowest BCUT2D eigenvalue weighted by molar-refractivity contribution is 0.714. The van der Waals surface area contributed by atoms with Gasteiger partial charge >= 0.3 is 0 Å². The second kappa shape index (κ2) is 15.8. The first-order chi connectivity index (χ1) is 32.1. The number of fused-ring (bicyclic) bond motifs is 5. The molecule has 11 aromatic carbocycles. The first kappa shape index (κ1) is 38.4. The van der Waals surface area contributed by atoms with E-state index in [0.29, 0.717) is 0 Å². The number of para-hydroxylation sites is 1. The Kier molecular flexibility index (Phi) is 9.35. The van der Waals surface area contributed by atoms with Crippen molar-refractivity contribution >= 4 is 38.6 Å². The minimum atomic E-state index is -0.255. The van der Waals surface area contributed by atoms with Crippen LogP contribution in [0.2, 0.25) is 0 Å². The summed E-state index contributed by atoms with van der Waals surface area (Å²) in [6.45, 7) is 2.39. The summed E-state index contributed by atoms with van der Waals surface area (Å²) in [6.07, 6.45) is 0. The lowest BCUT2D eigenvalue weighted by Gasteiger charge is -2.29. The molecule has 1 nitrogen and oxygen atoms in total. The summed E-state index contributed by atoms with van der Waals surface area (Å²) in [4.78, 5) is 2.42. The van der Waals surface area contributed by atoms with Crippen molar-refractivity contribution < 1.29 is 0 Å². The minimum absolute atomic E-state index is 0.255. The maximum absolute atomic E-state index is 2.42. The standard InChI is InChI=1S/C64H45N/c1-64(50-20-3-2-4-21-50)60-29-11-9-25-59(60)63-58(28-15-30-61(63)64)49-38-42-52(43-39-49)65(51-40-36-47(37-41-51)56-27-14-19-45-17-6-8-23-54(45)56)62-31-12-10-24-57(62)48-34-32-46(33-35-48)55-26-13-18-44-16-5-7-22-53(44)55/h2-43H,1H3. The largest absolute Gasteiger partial charge is 0.310 e. The van der Waals surface area contributed by atoms with E-state index in [9.17, 15) is 0 Å². The molecule has 1 aliphatic carbocycles. The topological polar surface area (TPSA) is 3.24 Å². The summed E-state index contributed by atoms with van der Waals surface area (Å²) in [5.41, 5.74) is 19.3. The highest BCUT2D eigenvalue weighted by molar-refractivity contribution is 5.99. The van der Waals surface area contributed by atoms with E-state index in [2.05, 4.69) is 267 Å². The van der Waals surface area contributed by atoms with Crippen molar-refractivity contribution in [2.45, 2.75) is 12.3 Å². The van der Waals surface area contributed by atoms with Gasteiger partial charge in [-0.1, -0.05) is 224 Å². The van der Waals surface area contributed by atoms with Crippen LogP contribution in [-0.2, 0) is 5.41 Å². The Labute approximate surface area is 381 Å². The maximum Gasteiger partial charge on any atom is 0.0540 e. The Morgan fingerprint density at radius 1 is 0.292 bits per heavy atom. The van der Waals surface area contributed by atoms with Gasteiger partial charge in [0.25, 0.3) is 0 Å². The van der Waals surface area contributed by atoms with E-state index in [0.717, 1.165) is 22.6 Å². The van der Waals surface area contributed by atoms with E-state index in [-0.39, 0.29) is 5.41 Å². The van der Waals surface area contributed by atoms with Gasteiger partial charge in [-0.3, -0.25) is 0 Å². The molecule has 0 aromatic heterocycles. The van der Waals surface area contributed by atoms with Crippen molar-refractivity contribution in [1.29, 1.82) is 0 Å². The van der Waals surface area contributed by atoms with E-state index < -0.39 is 0 Å². The molecule has 1 unspecified atom stereocenters. The van der Waals surface area contributed by atoms with Gasteiger partial charge in [0.15, 0.2) is 0 Å². The minimum Gasteiger partial charge on any atom is -0.310 e. The van der Waals surface area contributed by atoms with Gasteiger partial charge in [-0.15, -0.1) is 0 Å². The Bertz CT molecular complexity index is 3520. The lowest BCUT2D eigenvalue weighted by Crippen LogP contribution is -2.22. The Balaban J connectivity index is 0.973. The summed E-state index contributed by atoms with van der Waals surface area (Å²) in [6, 6.07) is 93.4. The summed E-state index contributed by atoms with van der Waals surface area (Å²) in [5, 5.41) is 5.01. The van der Waals surface area contributed by atoms with E-state index >= 15 is 0 Å². The molecule has 1 aliphatic rings. The van der Waals surface area contributed by atoms with Gasteiger partial charge in [-0.25, -0.2) is 0 Å². The monoisotopic (exact) mass is 827 g/mol. The molecule has 0 bridgehead atoms. The maximum atomic E-state index is 2.42. The molecule has 306 valence electrons. The van der Waals surface area contributed by atoms with E-state index in [1.165, 1.54) is 88.3 Å². The molecule has 11 aromatic rings. The average Bonchev–Trinajstić information content (AvgIpc) is 3.65. The fraction of sp³-hybridized carbons (Fsp3) is 0.0312. The van der Waals surface area contributed by atoms with Crippen molar-refractivity contribution in [3.8, 4) is 55.6 Å². The molecule has 0 amide bonds. The van der Waals surface area contributed by atoms with Crippen LogP contribution in [0, 0.1) is 0 Å². The molecule has 0 heterocycles. The second-order valence-electron chi connectivity index (χ2n) is 17.3. The van der Waals surface area contributed by atoms with Crippen molar-refractivity contribution in [2.24, 2.45) is 0 Å². The van der Waals surface area contributed by atoms with E-state index in [1.807, 2.05) is 0 Å². The molecule has 0 radical (unpaired) electrons. The Morgan fingerprint density at radius 3 is 1.31 bits per heavy atom. The zero-order valence-electron chi connectivity index (χ0n) is 36.2. The molecular formula is C64H45N. The molecule has 1 atom stereocenters. The summed E-state index contributed by atoms with van der Waals surface area (Å²) in [5.74, 6) is 0. The van der Waals surface area contributed by atoms with Crippen LogP contribution >= 0.6 is 0 Å². The fourth-order valence-corrected chi connectivity index (χ4v) is 10.6. The van der Waals surface area contributed by atoms with Crippen LogP contribution in [-0.4, -0.2) is 0 Å². The van der Waals surface area contributed by atoms with Gasteiger partial charge in [0.2, 0.25) is 0 Å². The van der Waals surface area contributed by atoms with Crippen molar-refractivity contribution in [2.75, 3.05) is 4.90 Å². The summed E-state index contributed by atoms with van der Waals surface area (Å²) >= 11 is 0. The third-order valence-electron chi connectivity index (χ3n) is 13.8. The number of hydrogen-bond acceptors (Lipinski definition) is 1. The zero-order valence-corrected chi connectivity index (χ0v) is 36.2. The van der Waals surface area contributed by atoms with Crippen molar-refractivity contribution in [3.63, 3.8) is 0 Å². The van der Waals surface area contributed by atoms with E-state index in [4.69, 9.17) is 0 Å². The van der Waals surface area contributed by atoms with Gasteiger partial charge in [0.05, 0.1) is 5.69 Å². The van der Waals surface area contributed by atoms with Crippen molar-refractivity contribution in [1.82, 2.24) is 0 Å². The normalized spacial score (nSPS) is 14.0. The average molecular weight is 828 g/mol. The first-order valence-corrected chi connectivity index (χ1v) is 22.6. The predicted octanol–water partition coefficient (Wildman–Crippen LogP) is 17.5. The smallest absolute Gasteiger partial charge is 0.0540 e. The van der Waals surface area contributed by atoms with Crippen LogP contribution in [0.25, 0.3) is 77.2 Å². The third-order valence-corrected chi connectivity index (χ3v) is 13.8. The highest BCUT2D eigenvalue weighted by Crippen LogP contribution is 2.55. The quantitative estimate of drug-likeness (QED) is 0.147. The molecule has 1 heteroatoms. The summed E-state index contributed by atoms with van der Waals surface area (Å²) < 4.78 is 0. The lowest BCUT2D eigenvalue weighted by atomic mass is 9.74. The van der Waals surface area contributed by atoms with Crippen LogP contribution in [0.4, 0.5) is 17.1 Å². The van der Waals surface area contributed by atoms with Gasteiger partial charge in [0, 0.05) is 22.4 Å². The SMILES string of the molecule is CC1(c2ccccc2)c2ccccc2-c2c(-c3ccc(N(c4ccc(-c5cccc6ccccc56)cc4)c4ccccc4-c4ccc(-c5cccc6ccccc56)cc4)cc3)cccc21. The molecule has 0 saturated heterocycles. The molecule has 65 heavy (non-hydrogen) atoms. The molecule has 0 saturated carbocycles. The van der Waals surface area contributed by atoms with Gasteiger partial charge in [-0.05, 0) is 126 Å². The van der Waals surface area contributed by atoms with Crippen LogP contribution in [0.1, 0.15) is 23.6 Å². The predicted molar refractivity (Wildman–Crippen MR) is 275 cm³/mol. The van der Waals surface area contributed by atoms with Gasteiger partial charge in [-0.2, -0.15) is 0 Å². The van der Waals surface area contributed by atoms with E-state index in [1.54, 1.807) is 0 Å². The Morgan fingerprint density at radius 2 is 0.692 bits per heavy atom. The summed E-state index contributed by atoms with van der Waals surface area (Å²) in [7, 11) is 0. The molecule has 0 N–H and O–H groups in total. The van der Waals surface area contributed by atoms with Crippen molar-refractivity contribution in [3.05, 3.63) is 271 Å². The number of rotatable bonds is 8. The number of hydrogen-bond donors (Lipinski definition) is 0. The van der Waals surface area contributed by atoms with Crippen LogP contribution in [0.15, 0.2) is 255 Å². The molecule has 0 fully saturated rings. The molecule has 0 aliphatic heterocycles. The molecule has 12 rings (SSSR count).